The molecule has 0 radical (unpaired) electrons. The normalized spacial score (nSPS) is 13.8. The van der Waals surface area contributed by atoms with Gasteiger partial charge in [0.05, 0.1) is 13.2 Å². The van der Waals surface area contributed by atoms with Crippen LogP contribution in [0.2, 0.25) is 0 Å². The standard InChI is InChI=1S/C13H23N5O7S/c14-3-10(21)16-8(5-26)12(23)18-7(4-19)11(22)17-6(13(24)25)1-2-9(15)20/h6-8,19,26H,1-5,14H2,(H2,15,20)(H,16,21)(H,17,22)(H,18,23)(H,24,25). The SMILES string of the molecule is NCC(=O)NC(CS)C(=O)NC(CO)C(=O)NC(CCC(N)=O)C(=O)O. The topological polar surface area (TPSA) is 214 Å². The minimum absolute atomic E-state index is 0.103. The van der Waals surface area contributed by atoms with Gasteiger partial charge in [-0.3, -0.25) is 19.2 Å². The van der Waals surface area contributed by atoms with Gasteiger partial charge in [-0.05, 0) is 6.42 Å². The van der Waals surface area contributed by atoms with Gasteiger partial charge in [-0.15, -0.1) is 0 Å². The highest BCUT2D eigenvalue weighted by Gasteiger charge is 2.28. The van der Waals surface area contributed by atoms with Crippen LogP contribution in [0.25, 0.3) is 0 Å². The molecule has 0 saturated heterocycles. The highest BCUT2D eigenvalue weighted by atomic mass is 32.1. The van der Waals surface area contributed by atoms with Gasteiger partial charge < -0.3 is 37.6 Å². The summed E-state index contributed by atoms with van der Waals surface area (Å²) in [6, 6.07) is -4.02. The maximum atomic E-state index is 12.1. The summed E-state index contributed by atoms with van der Waals surface area (Å²) in [4.78, 5) is 57.2. The Bertz CT molecular complexity index is 545. The number of nitrogens with one attached hydrogen (secondary N) is 3. The van der Waals surface area contributed by atoms with E-state index in [-0.39, 0.29) is 25.1 Å². The first kappa shape index (κ1) is 23.6. The van der Waals surface area contributed by atoms with Crippen molar-refractivity contribution in [2.45, 2.75) is 31.0 Å². The first-order chi connectivity index (χ1) is 12.2. The molecule has 0 aromatic carbocycles. The predicted molar refractivity (Wildman–Crippen MR) is 91.8 cm³/mol. The number of hydrogen-bond donors (Lipinski definition) is 8. The Morgan fingerprint density at radius 2 is 1.50 bits per heavy atom. The number of carboxylic acids is 1. The molecule has 0 rings (SSSR count). The van der Waals surface area contributed by atoms with Crippen molar-refractivity contribution in [2.75, 3.05) is 18.9 Å². The third-order valence-corrected chi connectivity index (χ3v) is 3.49. The highest BCUT2D eigenvalue weighted by molar-refractivity contribution is 7.80. The number of carboxylic acid groups (broad SMARTS) is 1. The first-order valence-electron chi connectivity index (χ1n) is 7.49. The number of carbonyl (C=O) groups is 5. The van der Waals surface area contributed by atoms with E-state index in [0.29, 0.717) is 0 Å². The van der Waals surface area contributed by atoms with Crippen molar-refractivity contribution < 1.29 is 34.2 Å². The molecule has 3 atom stereocenters. The largest absolute Gasteiger partial charge is 0.480 e. The number of amides is 4. The maximum absolute atomic E-state index is 12.1. The summed E-state index contributed by atoms with van der Waals surface area (Å²) in [5.41, 5.74) is 10.1. The molecule has 0 aromatic rings. The summed E-state index contributed by atoms with van der Waals surface area (Å²) >= 11 is 3.90. The molecule has 26 heavy (non-hydrogen) atoms. The Morgan fingerprint density at radius 1 is 0.962 bits per heavy atom. The second-order valence-corrected chi connectivity index (χ2v) is 5.52. The summed E-state index contributed by atoms with van der Waals surface area (Å²) in [6.07, 6.45) is -0.533. The van der Waals surface area contributed by atoms with E-state index in [9.17, 15) is 29.1 Å². The first-order valence-corrected chi connectivity index (χ1v) is 8.12. The van der Waals surface area contributed by atoms with Crippen LogP contribution < -0.4 is 27.4 Å². The molecule has 0 bridgehead atoms. The number of thiol groups is 1. The number of rotatable bonds is 12. The van der Waals surface area contributed by atoms with Crippen molar-refractivity contribution >= 4 is 42.2 Å². The molecule has 0 fully saturated rings. The lowest BCUT2D eigenvalue weighted by Crippen LogP contribution is -2.57. The zero-order valence-corrected chi connectivity index (χ0v) is 14.7. The van der Waals surface area contributed by atoms with Crippen LogP contribution >= 0.6 is 12.6 Å². The second-order valence-electron chi connectivity index (χ2n) is 5.15. The Labute approximate surface area is 154 Å². The summed E-state index contributed by atoms with van der Waals surface area (Å²) in [5, 5.41) is 24.8. The lowest BCUT2D eigenvalue weighted by Gasteiger charge is -2.22. The summed E-state index contributed by atoms with van der Waals surface area (Å²) in [6.45, 7) is -1.19. The fourth-order valence-corrected chi connectivity index (χ4v) is 1.99. The van der Waals surface area contributed by atoms with E-state index in [2.05, 4.69) is 28.6 Å². The monoisotopic (exact) mass is 393 g/mol. The molecule has 0 aliphatic carbocycles. The van der Waals surface area contributed by atoms with Crippen LogP contribution in [0.5, 0.6) is 0 Å². The van der Waals surface area contributed by atoms with E-state index in [0.717, 1.165) is 0 Å². The van der Waals surface area contributed by atoms with Crippen LogP contribution in [-0.2, 0) is 24.0 Å². The molecule has 4 amide bonds. The van der Waals surface area contributed by atoms with Gasteiger partial charge in [0.15, 0.2) is 0 Å². The Morgan fingerprint density at radius 3 is 1.92 bits per heavy atom. The molecule has 9 N–H and O–H groups in total. The zero-order valence-electron chi connectivity index (χ0n) is 13.8. The van der Waals surface area contributed by atoms with E-state index >= 15 is 0 Å². The van der Waals surface area contributed by atoms with Gasteiger partial charge in [-0.1, -0.05) is 0 Å². The van der Waals surface area contributed by atoms with Crippen molar-refractivity contribution in [2.24, 2.45) is 11.5 Å². The summed E-state index contributed by atoms with van der Waals surface area (Å²) < 4.78 is 0. The zero-order chi connectivity index (χ0) is 20.3. The number of aliphatic hydroxyl groups is 1. The van der Waals surface area contributed by atoms with E-state index < -0.39 is 54.3 Å². The van der Waals surface area contributed by atoms with Gasteiger partial charge in [0.1, 0.15) is 18.1 Å². The number of nitrogens with two attached hydrogens (primary N) is 2. The van der Waals surface area contributed by atoms with Crippen LogP contribution in [0.15, 0.2) is 0 Å². The number of primary amides is 1. The van der Waals surface area contributed by atoms with E-state index in [1.807, 2.05) is 0 Å². The lowest BCUT2D eigenvalue weighted by molar-refractivity contribution is -0.143. The number of aliphatic carboxylic acids is 1. The Hall–Kier alpha value is -2.38. The second kappa shape index (κ2) is 12.1. The Kier molecular flexibility index (Phi) is 10.9. The van der Waals surface area contributed by atoms with Crippen LogP contribution in [0.3, 0.4) is 0 Å². The molecular weight excluding hydrogens is 370 g/mol. The van der Waals surface area contributed by atoms with Crippen LogP contribution in [0.1, 0.15) is 12.8 Å². The van der Waals surface area contributed by atoms with Gasteiger partial charge in [-0.2, -0.15) is 12.6 Å². The lowest BCUT2D eigenvalue weighted by atomic mass is 10.1. The smallest absolute Gasteiger partial charge is 0.326 e. The van der Waals surface area contributed by atoms with Crippen molar-refractivity contribution in [3.63, 3.8) is 0 Å². The molecule has 148 valence electrons. The van der Waals surface area contributed by atoms with Gasteiger partial charge in [0.25, 0.3) is 0 Å². The van der Waals surface area contributed by atoms with Crippen molar-refractivity contribution in [1.29, 1.82) is 0 Å². The molecule has 12 nitrogen and oxygen atoms in total. The van der Waals surface area contributed by atoms with Crippen LogP contribution in [-0.4, -0.2) is 76.8 Å². The van der Waals surface area contributed by atoms with E-state index in [1.165, 1.54) is 0 Å². The molecule has 0 spiro atoms. The van der Waals surface area contributed by atoms with Gasteiger partial charge in [0, 0.05) is 12.2 Å². The predicted octanol–water partition coefficient (Wildman–Crippen LogP) is -4.33. The number of carbonyl (C=O) groups excluding carboxylic acids is 4. The molecule has 0 aliphatic heterocycles. The van der Waals surface area contributed by atoms with Crippen LogP contribution in [0, 0.1) is 0 Å². The Balaban J connectivity index is 4.89. The molecule has 0 saturated carbocycles. The van der Waals surface area contributed by atoms with Gasteiger partial charge in [-0.25, -0.2) is 4.79 Å². The van der Waals surface area contributed by atoms with Gasteiger partial charge >= 0.3 is 5.97 Å². The molecule has 0 heterocycles. The molecule has 0 aromatic heterocycles. The van der Waals surface area contributed by atoms with E-state index in [4.69, 9.17) is 16.6 Å². The minimum atomic E-state index is -1.48. The minimum Gasteiger partial charge on any atom is -0.480 e. The third kappa shape index (κ3) is 8.64. The fourth-order valence-electron chi connectivity index (χ4n) is 1.73. The highest BCUT2D eigenvalue weighted by Crippen LogP contribution is 1.99. The number of aliphatic hydroxyl groups excluding tert-OH is 1. The maximum Gasteiger partial charge on any atom is 0.326 e. The number of hydrogen-bond acceptors (Lipinski definition) is 8. The molecular formula is C13H23N5O7S. The molecule has 3 unspecified atom stereocenters. The van der Waals surface area contributed by atoms with E-state index in [1.54, 1.807) is 0 Å². The van der Waals surface area contributed by atoms with Crippen molar-refractivity contribution in [3.8, 4) is 0 Å². The summed E-state index contributed by atoms with van der Waals surface area (Å²) in [5.74, 6) is -4.69. The van der Waals surface area contributed by atoms with Gasteiger partial charge in [0.2, 0.25) is 23.6 Å². The van der Waals surface area contributed by atoms with Crippen LogP contribution in [0.4, 0.5) is 0 Å². The third-order valence-electron chi connectivity index (χ3n) is 3.13. The fraction of sp³-hybridized carbons (Fsp3) is 0.615. The molecule has 13 heteroatoms. The van der Waals surface area contributed by atoms with Crippen molar-refractivity contribution in [1.82, 2.24) is 16.0 Å². The van der Waals surface area contributed by atoms with Crippen molar-refractivity contribution in [3.05, 3.63) is 0 Å². The average molecular weight is 393 g/mol. The summed E-state index contributed by atoms with van der Waals surface area (Å²) in [7, 11) is 0. The molecule has 0 aliphatic rings. The average Bonchev–Trinajstić information content (AvgIpc) is 2.59. The quantitative estimate of drug-likeness (QED) is 0.151.